The van der Waals surface area contributed by atoms with Gasteiger partial charge in [-0.1, -0.05) is 13.8 Å². The average Bonchev–Trinajstić information content (AvgIpc) is 3.08. The van der Waals surface area contributed by atoms with Gasteiger partial charge in [0, 0.05) is 32.4 Å². The molecule has 20 heavy (non-hydrogen) atoms. The predicted molar refractivity (Wildman–Crippen MR) is 87.5 cm³/mol. The molecule has 2 aliphatic rings. The van der Waals surface area contributed by atoms with Crippen LogP contribution in [0.1, 0.15) is 39.5 Å². The second kappa shape index (κ2) is 6.56. The summed E-state index contributed by atoms with van der Waals surface area (Å²) in [6.45, 7) is 7.37. The van der Waals surface area contributed by atoms with Gasteiger partial charge in [0.15, 0.2) is 5.96 Å². The Bertz CT molecular complexity index is 349. The van der Waals surface area contributed by atoms with Crippen molar-refractivity contribution in [1.29, 1.82) is 0 Å². The Labute approximate surface area is 127 Å². The number of guanidine groups is 1. The summed E-state index contributed by atoms with van der Waals surface area (Å²) in [5.74, 6) is 2.86. The van der Waals surface area contributed by atoms with Crippen LogP contribution in [0, 0.1) is 5.41 Å². The minimum absolute atomic E-state index is 0.456. The third-order valence-electron chi connectivity index (χ3n) is 5.11. The second-order valence-electron chi connectivity index (χ2n) is 6.31. The molecule has 4 nitrogen and oxygen atoms in total. The predicted octanol–water partition coefficient (Wildman–Crippen LogP) is 1.94. The second-order valence-corrected chi connectivity index (χ2v) is 7.41. The highest BCUT2D eigenvalue weighted by Gasteiger charge is 2.37. The van der Waals surface area contributed by atoms with Crippen LogP contribution in [0.4, 0.5) is 0 Å². The maximum Gasteiger partial charge on any atom is 0.193 e. The van der Waals surface area contributed by atoms with Gasteiger partial charge in [0.2, 0.25) is 0 Å². The first-order chi connectivity index (χ1) is 9.56. The quantitative estimate of drug-likeness (QED) is 0.615. The molecule has 116 valence electrons. The normalized spacial score (nSPS) is 30.0. The zero-order valence-electron chi connectivity index (χ0n) is 13.1. The van der Waals surface area contributed by atoms with E-state index in [1.807, 2.05) is 18.8 Å². The molecule has 0 amide bonds. The minimum atomic E-state index is -0.549. The van der Waals surface area contributed by atoms with E-state index in [-0.39, 0.29) is 0 Å². The van der Waals surface area contributed by atoms with Crippen LogP contribution in [0.15, 0.2) is 4.99 Å². The zero-order chi connectivity index (χ0) is 14.6. The molecule has 0 radical (unpaired) electrons. The van der Waals surface area contributed by atoms with Crippen LogP contribution in [0.5, 0.6) is 0 Å². The molecular formula is C15H29N3OS. The fourth-order valence-electron chi connectivity index (χ4n) is 3.25. The first-order valence-corrected chi connectivity index (χ1v) is 8.98. The van der Waals surface area contributed by atoms with Crippen LogP contribution in [0.25, 0.3) is 0 Å². The molecule has 0 aromatic rings. The molecule has 2 fully saturated rings. The van der Waals surface area contributed by atoms with Crippen molar-refractivity contribution in [3.05, 3.63) is 0 Å². The summed E-state index contributed by atoms with van der Waals surface area (Å²) in [6.07, 6.45) is 4.60. The van der Waals surface area contributed by atoms with E-state index < -0.39 is 5.60 Å². The molecule has 5 heteroatoms. The highest BCUT2D eigenvalue weighted by molar-refractivity contribution is 7.99. The van der Waals surface area contributed by atoms with E-state index >= 15 is 0 Å². The number of aliphatic hydroxyl groups is 1. The molecule has 1 atom stereocenters. The molecule has 2 N–H and O–H groups in total. The van der Waals surface area contributed by atoms with Crippen molar-refractivity contribution < 1.29 is 5.11 Å². The summed E-state index contributed by atoms with van der Waals surface area (Å²) >= 11 is 1.84. The average molecular weight is 299 g/mol. The summed E-state index contributed by atoms with van der Waals surface area (Å²) in [7, 11) is 1.84. The molecule has 2 aliphatic heterocycles. The van der Waals surface area contributed by atoms with Gasteiger partial charge in [0.25, 0.3) is 0 Å². The van der Waals surface area contributed by atoms with Crippen molar-refractivity contribution in [3.63, 3.8) is 0 Å². The lowest BCUT2D eigenvalue weighted by molar-refractivity contribution is 0.0718. The van der Waals surface area contributed by atoms with Gasteiger partial charge in [-0.25, -0.2) is 0 Å². The van der Waals surface area contributed by atoms with Crippen LogP contribution in [-0.2, 0) is 0 Å². The maximum atomic E-state index is 10.4. The molecule has 2 saturated heterocycles. The van der Waals surface area contributed by atoms with E-state index in [2.05, 4.69) is 29.1 Å². The molecule has 0 aliphatic carbocycles. The molecule has 0 aromatic carbocycles. The smallest absolute Gasteiger partial charge is 0.193 e. The summed E-state index contributed by atoms with van der Waals surface area (Å²) in [5, 5.41) is 13.8. The van der Waals surface area contributed by atoms with Crippen molar-refractivity contribution in [3.8, 4) is 0 Å². The van der Waals surface area contributed by atoms with Gasteiger partial charge in [0.05, 0.1) is 5.60 Å². The fourth-order valence-corrected chi connectivity index (χ4v) is 4.55. The van der Waals surface area contributed by atoms with Gasteiger partial charge in [-0.3, -0.25) is 4.99 Å². The van der Waals surface area contributed by atoms with Gasteiger partial charge >= 0.3 is 0 Å². The molecule has 1 unspecified atom stereocenters. The number of nitrogens with zero attached hydrogens (tertiary/aromatic N) is 2. The molecule has 2 rings (SSSR count). The first kappa shape index (κ1) is 16.0. The standard InChI is InChI=1S/C15H29N3OS/c1-4-14(5-2)6-8-18(11-14)13(16-3)17-10-15(19)7-9-20-12-15/h19H,4-12H2,1-3H3,(H,16,17). The summed E-state index contributed by atoms with van der Waals surface area (Å²) in [5.41, 5.74) is -0.0926. The first-order valence-electron chi connectivity index (χ1n) is 7.82. The van der Waals surface area contributed by atoms with E-state index in [9.17, 15) is 5.11 Å². The van der Waals surface area contributed by atoms with Crippen molar-refractivity contribution in [2.24, 2.45) is 10.4 Å². The van der Waals surface area contributed by atoms with E-state index in [0.29, 0.717) is 12.0 Å². The number of hydrogen-bond donors (Lipinski definition) is 2. The Morgan fingerprint density at radius 2 is 2.10 bits per heavy atom. The van der Waals surface area contributed by atoms with Gasteiger partial charge in [-0.15, -0.1) is 0 Å². The number of hydrogen-bond acceptors (Lipinski definition) is 3. The molecule has 0 bridgehead atoms. The van der Waals surface area contributed by atoms with Crippen LogP contribution >= 0.6 is 11.8 Å². The fraction of sp³-hybridized carbons (Fsp3) is 0.933. The van der Waals surface area contributed by atoms with Crippen molar-refractivity contribution >= 4 is 17.7 Å². The van der Waals surface area contributed by atoms with Crippen molar-refractivity contribution in [1.82, 2.24) is 10.2 Å². The summed E-state index contributed by atoms with van der Waals surface area (Å²) < 4.78 is 0. The highest BCUT2D eigenvalue weighted by atomic mass is 32.2. The van der Waals surface area contributed by atoms with E-state index in [4.69, 9.17) is 0 Å². The maximum absolute atomic E-state index is 10.4. The molecule has 0 aromatic heterocycles. The number of aliphatic imine (C=N–C) groups is 1. The van der Waals surface area contributed by atoms with Gasteiger partial charge in [-0.2, -0.15) is 11.8 Å². The lowest BCUT2D eigenvalue weighted by Gasteiger charge is -2.29. The van der Waals surface area contributed by atoms with Gasteiger partial charge in [0.1, 0.15) is 0 Å². The Morgan fingerprint density at radius 1 is 1.35 bits per heavy atom. The van der Waals surface area contributed by atoms with Crippen molar-refractivity contribution in [2.75, 3.05) is 38.2 Å². The molecule has 0 saturated carbocycles. The Hall–Kier alpha value is -0.420. The van der Waals surface area contributed by atoms with Gasteiger partial charge in [-0.05, 0) is 36.9 Å². The monoisotopic (exact) mass is 299 g/mol. The topological polar surface area (TPSA) is 47.9 Å². The van der Waals surface area contributed by atoms with Crippen LogP contribution < -0.4 is 5.32 Å². The summed E-state index contributed by atoms with van der Waals surface area (Å²) in [4.78, 5) is 6.77. The number of nitrogens with one attached hydrogen (secondary N) is 1. The molecular weight excluding hydrogens is 270 g/mol. The molecule has 0 spiro atoms. The lowest BCUT2D eigenvalue weighted by atomic mass is 9.82. The minimum Gasteiger partial charge on any atom is -0.387 e. The SMILES string of the molecule is CCC1(CC)CCN(C(=NC)NCC2(O)CCSC2)C1. The van der Waals surface area contributed by atoms with Crippen molar-refractivity contribution in [2.45, 2.75) is 45.1 Å². The van der Waals surface area contributed by atoms with Crippen LogP contribution in [0.2, 0.25) is 0 Å². The van der Waals surface area contributed by atoms with Crippen LogP contribution in [0.3, 0.4) is 0 Å². The Balaban J connectivity index is 1.90. The van der Waals surface area contributed by atoms with E-state index in [1.54, 1.807) is 0 Å². The van der Waals surface area contributed by atoms with Crippen LogP contribution in [-0.4, -0.2) is 59.8 Å². The largest absolute Gasteiger partial charge is 0.387 e. The Kier molecular flexibility index (Phi) is 5.24. The van der Waals surface area contributed by atoms with Gasteiger partial charge < -0.3 is 15.3 Å². The third kappa shape index (κ3) is 3.42. The third-order valence-corrected chi connectivity index (χ3v) is 6.34. The van der Waals surface area contributed by atoms with E-state index in [0.717, 1.165) is 37.0 Å². The number of rotatable bonds is 4. The van der Waals surface area contributed by atoms with E-state index in [1.165, 1.54) is 19.3 Å². The zero-order valence-corrected chi connectivity index (χ0v) is 13.9. The summed E-state index contributed by atoms with van der Waals surface area (Å²) in [6, 6.07) is 0. The number of thioether (sulfide) groups is 1. The number of likely N-dealkylation sites (tertiary alicyclic amines) is 1. The highest BCUT2D eigenvalue weighted by Crippen LogP contribution is 2.37. The lowest BCUT2D eigenvalue weighted by Crippen LogP contribution is -2.48. The molecule has 2 heterocycles. The Morgan fingerprint density at radius 3 is 2.60 bits per heavy atom.